The van der Waals surface area contributed by atoms with E-state index < -0.39 is 23.9 Å². The first kappa shape index (κ1) is 19.4. The fourth-order valence-electron chi connectivity index (χ4n) is 2.09. The van der Waals surface area contributed by atoms with Crippen molar-refractivity contribution >= 4 is 47.1 Å². The molecule has 0 saturated carbocycles. The Morgan fingerprint density at radius 2 is 1.35 bits per heavy atom. The van der Waals surface area contributed by atoms with E-state index in [0.29, 0.717) is 5.56 Å². The van der Waals surface area contributed by atoms with Crippen LogP contribution in [0.1, 0.15) is 47.0 Å². The van der Waals surface area contributed by atoms with Crippen molar-refractivity contribution < 1.29 is 34.1 Å². The molecule has 0 bridgehead atoms. The van der Waals surface area contributed by atoms with Crippen LogP contribution in [0.15, 0.2) is 30.3 Å². The topological polar surface area (TPSA) is 118 Å². The summed E-state index contributed by atoms with van der Waals surface area (Å²) in [6.45, 7) is 1.49. The highest BCUT2D eigenvalue weighted by molar-refractivity contribution is 6.37. The highest BCUT2D eigenvalue weighted by atomic mass is 35.5. The molecule has 0 amide bonds. The number of rotatable bonds is 4. The van der Waals surface area contributed by atoms with Crippen LogP contribution in [0.4, 0.5) is 0 Å². The lowest BCUT2D eigenvalue weighted by atomic mass is 10.1. The number of carbonyl (C=O) groups is 4. The predicted molar refractivity (Wildman–Crippen MR) is 91.3 cm³/mol. The number of carboxylic acids is 2. The average Bonchev–Trinajstić information content (AvgIpc) is 2.55. The molecule has 26 heavy (non-hydrogen) atoms. The zero-order valence-corrected chi connectivity index (χ0v) is 14.6. The minimum atomic E-state index is -1.33. The summed E-state index contributed by atoms with van der Waals surface area (Å²) in [5.41, 5.74) is -0.320. The summed E-state index contributed by atoms with van der Waals surface area (Å²) >= 11 is 11.6. The van der Waals surface area contributed by atoms with Crippen molar-refractivity contribution in [3.05, 3.63) is 68.2 Å². The maximum atomic E-state index is 12.1. The van der Waals surface area contributed by atoms with Gasteiger partial charge in [0, 0.05) is 0 Å². The van der Waals surface area contributed by atoms with E-state index in [0.717, 1.165) is 12.1 Å². The summed E-state index contributed by atoms with van der Waals surface area (Å²) in [7, 11) is 0. The molecule has 0 spiro atoms. The molecule has 0 saturated heterocycles. The van der Waals surface area contributed by atoms with E-state index in [1.807, 2.05) is 0 Å². The normalized spacial score (nSPS) is 10.3. The highest BCUT2D eigenvalue weighted by Gasteiger charge is 2.22. The van der Waals surface area contributed by atoms with E-state index in [-0.39, 0.29) is 32.3 Å². The first-order valence-corrected chi connectivity index (χ1v) is 7.70. The van der Waals surface area contributed by atoms with Crippen molar-refractivity contribution in [2.24, 2.45) is 0 Å². The third kappa shape index (κ3) is 4.01. The Labute approximate surface area is 156 Å². The summed E-state index contributed by atoms with van der Waals surface area (Å²) in [4.78, 5) is 46.2. The SMILES string of the molecule is Cc1cc(C(=O)O)ccc1C(=O)OC(=O)c1cc(Cl)c(C(=O)O)cc1Cl. The van der Waals surface area contributed by atoms with Gasteiger partial charge < -0.3 is 14.9 Å². The number of esters is 2. The van der Waals surface area contributed by atoms with Gasteiger partial charge in [-0.2, -0.15) is 0 Å². The van der Waals surface area contributed by atoms with Crippen LogP contribution in [0.25, 0.3) is 0 Å². The molecule has 134 valence electrons. The van der Waals surface area contributed by atoms with E-state index in [1.165, 1.54) is 25.1 Å². The lowest BCUT2D eigenvalue weighted by Crippen LogP contribution is -2.15. The molecule has 2 rings (SSSR count). The lowest BCUT2D eigenvalue weighted by Gasteiger charge is -2.09. The molecule has 0 aliphatic carbocycles. The van der Waals surface area contributed by atoms with Gasteiger partial charge in [-0.05, 0) is 42.8 Å². The Kier molecular flexibility index (Phi) is 5.64. The first-order chi connectivity index (χ1) is 12.1. The van der Waals surface area contributed by atoms with Gasteiger partial charge in [0.2, 0.25) is 0 Å². The van der Waals surface area contributed by atoms with Crippen LogP contribution in [-0.2, 0) is 4.74 Å². The first-order valence-electron chi connectivity index (χ1n) is 6.94. The van der Waals surface area contributed by atoms with E-state index >= 15 is 0 Å². The van der Waals surface area contributed by atoms with Gasteiger partial charge in [-0.25, -0.2) is 19.2 Å². The second-order valence-corrected chi connectivity index (χ2v) is 5.94. The van der Waals surface area contributed by atoms with Crippen LogP contribution in [0.2, 0.25) is 10.0 Å². The molecule has 0 aliphatic rings. The van der Waals surface area contributed by atoms with Gasteiger partial charge in [0.15, 0.2) is 0 Å². The minimum Gasteiger partial charge on any atom is -0.478 e. The Morgan fingerprint density at radius 3 is 1.88 bits per heavy atom. The van der Waals surface area contributed by atoms with Gasteiger partial charge >= 0.3 is 23.9 Å². The summed E-state index contributed by atoms with van der Waals surface area (Å²) in [6.07, 6.45) is 0. The molecule has 0 atom stereocenters. The molecule has 0 radical (unpaired) electrons. The van der Waals surface area contributed by atoms with E-state index in [4.69, 9.17) is 38.2 Å². The Balaban J connectivity index is 2.28. The summed E-state index contributed by atoms with van der Waals surface area (Å²) in [6, 6.07) is 5.64. The Hall–Kier alpha value is -2.90. The van der Waals surface area contributed by atoms with Crippen molar-refractivity contribution in [3.8, 4) is 0 Å². The fraction of sp³-hybridized carbons (Fsp3) is 0.0588. The Bertz CT molecular complexity index is 950. The van der Waals surface area contributed by atoms with Crippen molar-refractivity contribution in [2.45, 2.75) is 6.92 Å². The standard InChI is InChI=1S/C17H10Cl2O7/c1-7-4-8(14(20)21)2-3-9(7)16(24)26-17(25)11-6-12(18)10(15(22)23)5-13(11)19/h2-6H,1H3,(H,20,21)(H,22,23). The van der Waals surface area contributed by atoms with Gasteiger partial charge in [-0.15, -0.1) is 0 Å². The average molecular weight is 397 g/mol. The smallest absolute Gasteiger partial charge is 0.347 e. The quantitative estimate of drug-likeness (QED) is 0.597. The van der Waals surface area contributed by atoms with Crippen LogP contribution in [0, 0.1) is 6.92 Å². The molecular formula is C17H10Cl2O7. The zero-order valence-electron chi connectivity index (χ0n) is 13.1. The highest BCUT2D eigenvalue weighted by Crippen LogP contribution is 2.26. The molecule has 9 heteroatoms. The molecule has 0 unspecified atom stereocenters. The molecule has 2 aromatic rings. The molecule has 0 aliphatic heterocycles. The molecule has 0 fully saturated rings. The number of halogens is 2. The van der Waals surface area contributed by atoms with Crippen LogP contribution < -0.4 is 0 Å². The summed E-state index contributed by atoms with van der Waals surface area (Å²) in [5.74, 6) is -4.63. The lowest BCUT2D eigenvalue weighted by molar-refractivity contribution is 0.0395. The number of hydrogen-bond donors (Lipinski definition) is 2. The van der Waals surface area contributed by atoms with E-state index in [9.17, 15) is 19.2 Å². The maximum absolute atomic E-state index is 12.1. The largest absolute Gasteiger partial charge is 0.478 e. The molecule has 0 heterocycles. The van der Waals surface area contributed by atoms with Crippen molar-refractivity contribution in [1.29, 1.82) is 0 Å². The summed E-state index contributed by atoms with van der Waals surface area (Å²) in [5, 5.41) is 17.4. The fourth-order valence-corrected chi connectivity index (χ4v) is 2.57. The molecule has 2 aromatic carbocycles. The number of ether oxygens (including phenoxy) is 1. The number of hydrogen-bond acceptors (Lipinski definition) is 5. The third-order valence-corrected chi connectivity index (χ3v) is 4.01. The zero-order chi connectivity index (χ0) is 19.6. The van der Waals surface area contributed by atoms with Gasteiger partial charge in [0.25, 0.3) is 0 Å². The Morgan fingerprint density at radius 1 is 0.808 bits per heavy atom. The van der Waals surface area contributed by atoms with Gasteiger partial charge in [-0.1, -0.05) is 23.2 Å². The number of benzene rings is 2. The molecule has 7 nitrogen and oxygen atoms in total. The second kappa shape index (κ2) is 7.55. The monoisotopic (exact) mass is 396 g/mol. The number of carboxylic acid groups (broad SMARTS) is 2. The number of aromatic carboxylic acids is 2. The summed E-state index contributed by atoms with van der Waals surface area (Å²) < 4.78 is 4.72. The van der Waals surface area contributed by atoms with E-state index in [2.05, 4.69) is 0 Å². The molecular weight excluding hydrogens is 387 g/mol. The van der Waals surface area contributed by atoms with Crippen molar-refractivity contribution in [2.75, 3.05) is 0 Å². The molecule has 2 N–H and O–H groups in total. The number of carbonyl (C=O) groups excluding carboxylic acids is 2. The van der Waals surface area contributed by atoms with Crippen LogP contribution >= 0.6 is 23.2 Å². The third-order valence-electron chi connectivity index (χ3n) is 3.39. The van der Waals surface area contributed by atoms with Crippen molar-refractivity contribution in [1.82, 2.24) is 0 Å². The van der Waals surface area contributed by atoms with E-state index in [1.54, 1.807) is 0 Å². The predicted octanol–water partition coefficient (Wildman–Crippen LogP) is 3.70. The van der Waals surface area contributed by atoms with Gasteiger partial charge in [-0.3, -0.25) is 0 Å². The molecule has 0 aromatic heterocycles. The number of aryl methyl sites for hydroxylation is 1. The van der Waals surface area contributed by atoms with Gasteiger partial charge in [0.05, 0.1) is 32.3 Å². The van der Waals surface area contributed by atoms with Crippen LogP contribution in [0.5, 0.6) is 0 Å². The maximum Gasteiger partial charge on any atom is 0.347 e. The van der Waals surface area contributed by atoms with Crippen LogP contribution in [-0.4, -0.2) is 34.1 Å². The minimum absolute atomic E-state index is 0.00674. The van der Waals surface area contributed by atoms with Gasteiger partial charge in [0.1, 0.15) is 0 Å². The van der Waals surface area contributed by atoms with Crippen LogP contribution in [0.3, 0.4) is 0 Å². The van der Waals surface area contributed by atoms with Crippen molar-refractivity contribution in [3.63, 3.8) is 0 Å². The second-order valence-electron chi connectivity index (χ2n) is 5.13.